The smallest absolute Gasteiger partial charge is 0.341 e. The first-order valence-corrected chi connectivity index (χ1v) is 7.22. The maximum Gasteiger partial charge on any atom is 0.341 e. The maximum absolute atomic E-state index is 13.9. The van der Waals surface area contributed by atoms with E-state index in [1.807, 2.05) is 0 Å². The lowest BCUT2D eigenvalue weighted by atomic mass is 10.1. The molecule has 1 N–H and O–H groups in total. The summed E-state index contributed by atoms with van der Waals surface area (Å²) in [7, 11) is 0. The molecule has 1 aromatic rings. The van der Waals surface area contributed by atoms with Gasteiger partial charge in [-0.2, -0.15) is 8.78 Å². The first-order valence-electron chi connectivity index (χ1n) is 5.42. The number of rotatable bonds is 4. The number of halogens is 2. The third-order valence-corrected chi connectivity index (χ3v) is 4.73. The van der Waals surface area contributed by atoms with Gasteiger partial charge >= 0.3 is 5.25 Å². The molecule has 1 aromatic carbocycles. The second kappa shape index (κ2) is 5.22. The minimum absolute atomic E-state index is 0.0443. The number of alkyl halides is 2. The van der Waals surface area contributed by atoms with Crippen LogP contribution in [0.25, 0.3) is 0 Å². The van der Waals surface area contributed by atoms with Gasteiger partial charge in [0.25, 0.3) is 4.39 Å². The van der Waals surface area contributed by atoms with E-state index in [1.165, 1.54) is 19.1 Å². The Labute approximate surface area is 117 Å². The van der Waals surface area contributed by atoms with Crippen molar-refractivity contribution in [3.8, 4) is 0 Å². The monoisotopic (exact) mass is 303 g/mol. The first kappa shape index (κ1) is 14.5. The molecule has 1 unspecified atom stereocenters. The van der Waals surface area contributed by atoms with Gasteiger partial charge in [0.15, 0.2) is 0 Å². The predicted octanol–water partition coefficient (Wildman–Crippen LogP) is 2.74. The zero-order valence-corrected chi connectivity index (χ0v) is 11.6. The lowest BCUT2D eigenvalue weighted by Crippen LogP contribution is -2.22. The van der Waals surface area contributed by atoms with E-state index in [0.717, 1.165) is 0 Å². The van der Waals surface area contributed by atoms with Gasteiger partial charge in [0.1, 0.15) is 11.5 Å². The van der Waals surface area contributed by atoms with Crippen molar-refractivity contribution in [2.24, 2.45) is 4.99 Å². The summed E-state index contributed by atoms with van der Waals surface area (Å²) >= 11 is 0.741. The number of carbonyl (C=O) groups is 1. The summed E-state index contributed by atoms with van der Waals surface area (Å²) in [4.78, 5) is 14.6. The van der Waals surface area contributed by atoms with Crippen LogP contribution in [0.1, 0.15) is 12.5 Å². The topological polar surface area (TPSA) is 49.7 Å². The minimum atomic E-state index is -3.28. The SMILES string of the molecule is CC(=O)CSC1(O)N=C(c2ccccc2)C(F)(F)S1. The number of thioether (sulfide) groups is 2. The van der Waals surface area contributed by atoms with Crippen LogP contribution in [0.2, 0.25) is 0 Å². The van der Waals surface area contributed by atoms with E-state index in [0.29, 0.717) is 11.8 Å². The second-order valence-corrected chi connectivity index (χ2v) is 6.68. The number of hydrogen-bond donors (Lipinski definition) is 1. The molecule has 0 radical (unpaired) electrons. The Kier molecular flexibility index (Phi) is 3.98. The number of benzene rings is 1. The molecule has 1 atom stereocenters. The second-order valence-electron chi connectivity index (χ2n) is 3.98. The van der Waals surface area contributed by atoms with Crippen molar-refractivity contribution in [3.05, 3.63) is 35.9 Å². The number of nitrogens with zero attached hydrogens (tertiary/aromatic N) is 1. The van der Waals surface area contributed by atoms with Crippen LogP contribution in [0, 0.1) is 0 Å². The lowest BCUT2D eigenvalue weighted by Gasteiger charge is -2.17. The zero-order chi connectivity index (χ0) is 14.1. The Balaban J connectivity index is 2.29. The predicted molar refractivity (Wildman–Crippen MR) is 73.6 cm³/mol. The van der Waals surface area contributed by atoms with Gasteiger partial charge in [0.2, 0.25) is 0 Å². The Bertz CT molecular complexity index is 522. The highest BCUT2D eigenvalue weighted by Gasteiger charge is 2.53. The fraction of sp³-hybridized carbons (Fsp3) is 0.333. The third kappa shape index (κ3) is 3.34. The largest absolute Gasteiger partial charge is 0.352 e. The lowest BCUT2D eigenvalue weighted by molar-refractivity contribution is -0.114. The standard InChI is InChI=1S/C12H11F2NO2S2/c1-8(16)7-18-12(17)15-10(11(13,14)19-12)9-5-3-2-4-6-9/h2-6,17H,7H2,1H3. The van der Waals surface area contributed by atoms with Gasteiger partial charge in [0.05, 0.1) is 5.75 Å². The summed E-state index contributed by atoms with van der Waals surface area (Å²) in [5.41, 5.74) is -0.198. The summed E-state index contributed by atoms with van der Waals surface area (Å²) in [5, 5.41) is 6.74. The Hall–Kier alpha value is -0.920. The highest BCUT2D eigenvalue weighted by Crippen LogP contribution is 2.52. The average Bonchev–Trinajstić information content (AvgIpc) is 2.59. The Morgan fingerprint density at radius 2 is 2.05 bits per heavy atom. The van der Waals surface area contributed by atoms with Crippen molar-refractivity contribution in [1.29, 1.82) is 0 Å². The molecule has 0 amide bonds. The molecule has 0 aliphatic carbocycles. The summed E-state index contributed by atoms with van der Waals surface area (Å²) in [5.74, 6) is -0.267. The highest BCUT2D eigenvalue weighted by atomic mass is 32.2. The molecular weight excluding hydrogens is 292 g/mol. The molecule has 0 bridgehead atoms. The summed E-state index contributed by atoms with van der Waals surface area (Å²) in [6, 6.07) is 7.97. The molecule has 19 heavy (non-hydrogen) atoms. The maximum atomic E-state index is 13.9. The molecule has 0 spiro atoms. The molecule has 7 heteroatoms. The van der Waals surface area contributed by atoms with Crippen molar-refractivity contribution in [3.63, 3.8) is 0 Å². The van der Waals surface area contributed by atoms with E-state index in [9.17, 15) is 18.7 Å². The number of aliphatic imine (C=N–C) groups is 1. The summed E-state index contributed by atoms with van der Waals surface area (Å²) in [6.45, 7) is 1.33. The highest BCUT2D eigenvalue weighted by molar-refractivity contribution is 8.19. The van der Waals surface area contributed by atoms with E-state index in [-0.39, 0.29) is 28.9 Å². The third-order valence-electron chi connectivity index (χ3n) is 2.30. The molecule has 1 aliphatic rings. The molecule has 2 rings (SSSR count). The fourth-order valence-electron chi connectivity index (χ4n) is 1.53. The van der Waals surface area contributed by atoms with Crippen LogP contribution in [0.5, 0.6) is 0 Å². The van der Waals surface area contributed by atoms with Crippen molar-refractivity contribution >= 4 is 35.0 Å². The van der Waals surface area contributed by atoms with E-state index >= 15 is 0 Å². The first-order chi connectivity index (χ1) is 8.82. The fourth-order valence-corrected chi connectivity index (χ4v) is 3.54. The van der Waals surface area contributed by atoms with Crippen molar-refractivity contribution < 1.29 is 18.7 Å². The average molecular weight is 303 g/mol. The molecule has 0 aromatic heterocycles. The molecule has 1 aliphatic heterocycles. The molecule has 0 saturated heterocycles. The van der Waals surface area contributed by atoms with Gasteiger partial charge in [-0.15, -0.1) is 0 Å². The van der Waals surface area contributed by atoms with E-state index in [1.54, 1.807) is 18.2 Å². The number of Topliss-reactive ketones (excluding diaryl/α,β-unsaturated/α-hetero) is 1. The normalized spacial score (nSPS) is 25.2. The van der Waals surface area contributed by atoms with Crippen molar-refractivity contribution in [2.75, 3.05) is 5.75 Å². The van der Waals surface area contributed by atoms with Crippen LogP contribution < -0.4 is 0 Å². The molecule has 1 heterocycles. The van der Waals surface area contributed by atoms with Crippen LogP contribution in [-0.4, -0.2) is 32.0 Å². The number of ketones is 1. The summed E-state index contributed by atoms with van der Waals surface area (Å²) in [6.07, 6.45) is 0. The van der Waals surface area contributed by atoms with Gasteiger partial charge in [-0.05, 0) is 18.7 Å². The number of hydrogen-bond acceptors (Lipinski definition) is 5. The van der Waals surface area contributed by atoms with Gasteiger partial charge in [-0.25, -0.2) is 4.99 Å². The molecular formula is C12H11F2NO2S2. The van der Waals surface area contributed by atoms with Crippen LogP contribution in [0.15, 0.2) is 35.3 Å². The van der Waals surface area contributed by atoms with Gasteiger partial charge in [0, 0.05) is 5.56 Å². The Morgan fingerprint density at radius 3 is 2.63 bits per heavy atom. The van der Waals surface area contributed by atoms with Crippen LogP contribution in [0.3, 0.4) is 0 Å². The van der Waals surface area contributed by atoms with E-state index in [4.69, 9.17) is 0 Å². The number of aliphatic hydroxyl groups is 1. The zero-order valence-electron chi connectivity index (χ0n) is 9.97. The van der Waals surface area contributed by atoms with Crippen molar-refractivity contribution in [2.45, 2.75) is 16.6 Å². The molecule has 3 nitrogen and oxygen atoms in total. The minimum Gasteiger partial charge on any atom is -0.352 e. The van der Waals surface area contributed by atoms with Gasteiger partial charge < -0.3 is 5.11 Å². The molecule has 0 fully saturated rings. The van der Waals surface area contributed by atoms with E-state index < -0.39 is 15.4 Å². The molecule has 0 saturated carbocycles. The van der Waals surface area contributed by atoms with Gasteiger partial charge in [-0.1, -0.05) is 42.1 Å². The Morgan fingerprint density at radius 1 is 1.42 bits per heavy atom. The van der Waals surface area contributed by atoms with E-state index in [2.05, 4.69) is 4.99 Å². The van der Waals surface area contributed by atoms with Crippen LogP contribution in [-0.2, 0) is 4.79 Å². The quantitative estimate of drug-likeness (QED) is 0.869. The van der Waals surface area contributed by atoms with Crippen LogP contribution in [0.4, 0.5) is 8.78 Å². The van der Waals surface area contributed by atoms with Crippen molar-refractivity contribution in [1.82, 2.24) is 0 Å². The summed E-state index contributed by atoms with van der Waals surface area (Å²) < 4.78 is 25.8. The number of carbonyl (C=O) groups excluding carboxylic acids is 1. The molecule has 102 valence electrons. The van der Waals surface area contributed by atoms with Gasteiger partial charge in [-0.3, -0.25) is 4.79 Å². The van der Waals surface area contributed by atoms with Crippen LogP contribution >= 0.6 is 23.5 Å².